The fraction of sp³-hybridized carbons (Fsp3) is 0.278. The molecule has 1 aromatic heterocycles. The molecule has 0 aliphatic rings. The minimum absolute atomic E-state index is 0.247. The summed E-state index contributed by atoms with van der Waals surface area (Å²) in [7, 11) is -1.49. The first-order valence-corrected chi connectivity index (χ1v) is 10.4. The van der Waals surface area contributed by atoms with Crippen molar-refractivity contribution in [2.45, 2.75) is 20.0 Å². The van der Waals surface area contributed by atoms with Gasteiger partial charge >= 0.3 is 0 Å². The molecule has 9 nitrogen and oxygen atoms in total. The maximum Gasteiger partial charge on any atom is 0.229 e. The Morgan fingerprint density at radius 2 is 1.96 bits per heavy atom. The zero-order chi connectivity index (χ0) is 20.6. The molecule has 0 bridgehead atoms. The third kappa shape index (κ3) is 6.97. The van der Waals surface area contributed by atoms with Gasteiger partial charge in [0, 0.05) is 44.3 Å². The summed E-state index contributed by atoms with van der Waals surface area (Å²) in [5, 5.41) is 16.5. The monoisotopic (exact) mass is 403 g/mol. The van der Waals surface area contributed by atoms with E-state index < -0.39 is 10.0 Å². The summed E-state index contributed by atoms with van der Waals surface area (Å²) in [4.78, 5) is 8.68. The van der Waals surface area contributed by atoms with E-state index in [-0.39, 0.29) is 6.54 Å². The molecule has 0 aliphatic carbocycles. The number of nitrogens with zero attached hydrogens (tertiary/aromatic N) is 2. The Kier molecular flexibility index (Phi) is 7.47. The van der Waals surface area contributed by atoms with E-state index in [1.165, 1.54) is 6.21 Å². The van der Waals surface area contributed by atoms with Crippen LogP contribution in [-0.2, 0) is 23.1 Å². The molecule has 0 spiro atoms. The third-order valence-electron chi connectivity index (χ3n) is 3.67. The van der Waals surface area contributed by atoms with E-state index in [0.29, 0.717) is 24.0 Å². The zero-order valence-corrected chi connectivity index (χ0v) is 16.9. The van der Waals surface area contributed by atoms with Crippen LogP contribution in [0.15, 0.2) is 42.4 Å². The van der Waals surface area contributed by atoms with E-state index in [4.69, 9.17) is 5.41 Å². The molecule has 10 heteroatoms. The van der Waals surface area contributed by atoms with Crippen molar-refractivity contribution in [3.05, 3.63) is 59.0 Å². The van der Waals surface area contributed by atoms with Crippen LogP contribution in [0.3, 0.4) is 0 Å². The quantitative estimate of drug-likeness (QED) is 0.380. The standard InChI is InChI=1S/C18H25N7O2S/c1-13-9-22-18(24-16(8-19)12-20-2)25-17(13)21-10-14-5-4-6-15(7-14)11-23-28(3,26)27/h4-9,12,19-20,23H,10-11H2,1-3H3,(H2,21,22,24,25)/b16-12+,19-8?. The van der Waals surface area contributed by atoms with Crippen LogP contribution in [0.25, 0.3) is 0 Å². The second-order valence-corrected chi connectivity index (χ2v) is 7.98. The van der Waals surface area contributed by atoms with Gasteiger partial charge in [0.1, 0.15) is 5.82 Å². The fourth-order valence-electron chi connectivity index (χ4n) is 2.33. The van der Waals surface area contributed by atoms with Gasteiger partial charge in [-0.1, -0.05) is 24.3 Å². The van der Waals surface area contributed by atoms with Gasteiger partial charge in [-0.2, -0.15) is 4.98 Å². The minimum atomic E-state index is -3.23. The van der Waals surface area contributed by atoms with Crippen molar-refractivity contribution in [3.8, 4) is 0 Å². The average molecular weight is 404 g/mol. The van der Waals surface area contributed by atoms with Gasteiger partial charge in [0.05, 0.1) is 12.0 Å². The van der Waals surface area contributed by atoms with E-state index >= 15 is 0 Å². The molecule has 28 heavy (non-hydrogen) atoms. The summed E-state index contributed by atoms with van der Waals surface area (Å²) in [6.45, 7) is 2.67. The van der Waals surface area contributed by atoms with Gasteiger partial charge < -0.3 is 21.4 Å². The van der Waals surface area contributed by atoms with E-state index in [0.717, 1.165) is 22.9 Å². The van der Waals surface area contributed by atoms with E-state index in [1.807, 2.05) is 31.2 Å². The first-order valence-electron chi connectivity index (χ1n) is 8.55. The molecule has 5 N–H and O–H groups in total. The lowest BCUT2D eigenvalue weighted by molar-refractivity contribution is 0.587. The van der Waals surface area contributed by atoms with Gasteiger partial charge in [0.25, 0.3) is 0 Å². The number of aryl methyl sites for hydroxylation is 1. The molecule has 0 saturated carbocycles. The lowest BCUT2D eigenvalue weighted by atomic mass is 10.1. The van der Waals surface area contributed by atoms with Crippen molar-refractivity contribution >= 4 is 28.0 Å². The molecule has 0 amide bonds. The number of rotatable bonds is 10. The molecule has 2 aromatic rings. The highest BCUT2D eigenvalue weighted by atomic mass is 32.2. The predicted molar refractivity (Wildman–Crippen MR) is 112 cm³/mol. The summed E-state index contributed by atoms with van der Waals surface area (Å²) >= 11 is 0. The number of nitrogens with one attached hydrogen (secondary N) is 5. The smallest absolute Gasteiger partial charge is 0.229 e. The largest absolute Gasteiger partial charge is 0.392 e. The van der Waals surface area contributed by atoms with Crippen molar-refractivity contribution in [3.63, 3.8) is 0 Å². The molecule has 0 radical (unpaired) electrons. The summed E-state index contributed by atoms with van der Waals surface area (Å²) in [6, 6.07) is 7.64. The van der Waals surface area contributed by atoms with E-state index in [1.54, 1.807) is 19.4 Å². The second kappa shape index (κ2) is 9.81. The topological polar surface area (TPSA) is 132 Å². The van der Waals surface area contributed by atoms with Crippen LogP contribution in [0.2, 0.25) is 0 Å². The van der Waals surface area contributed by atoms with Gasteiger partial charge in [0.15, 0.2) is 0 Å². The second-order valence-electron chi connectivity index (χ2n) is 6.15. The number of aromatic nitrogens is 2. The Labute approximate surface area is 165 Å². The normalized spacial score (nSPS) is 11.8. The highest BCUT2D eigenvalue weighted by Crippen LogP contribution is 2.15. The van der Waals surface area contributed by atoms with Crippen LogP contribution < -0.4 is 20.7 Å². The Hall–Kier alpha value is -2.98. The van der Waals surface area contributed by atoms with Gasteiger partial charge in [-0.3, -0.25) is 0 Å². The third-order valence-corrected chi connectivity index (χ3v) is 4.34. The molecular weight excluding hydrogens is 378 g/mol. The number of hydrogen-bond acceptors (Lipinski definition) is 8. The molecule has 0 unspecified atom stereocenters. The summed E-state index contributed by atoms with van der Waals surface area (Å²) in [5.41, 5.74) is 3.28. The number of anilines is 2. The molecule has 2 rings (SSSR count). The summed E-state index contributed by atoms with van der Waals surface area (Å²) < 4.78 is 25.0. The van der Waals surface area contributed by atoms with Crippen molar-refractivity contribution in [2.24, 2.45) is 0 Å². The lowest BCUT2D eigenvalue weighted by Gasteiger charge is -2.12. The van der Waals surface area contributed by atoms with Crippen LogP contribution in [0.1, 0.15) is 16.7 Å². The summed E-state index contributed by atoms with van der Waals surface area (Å²) in [5.74, 6) is 1.05. The molecule has 150 valence electrons. The Morgan fingerprint density at radius 3 is 2.61 bits per heavy atom. The van der Waals surface area contributed by atoms with Crippen molar-refractivity contribution < 1.29 is 8.42 Å². The van der Waals surface area contributed by atoms with Gasteiger partial charge in [-0.25, -0.2) is 18.1 Å². The van der Waals surface area contributed by atoms with E-state index in [2.05, 4.69) is 30.6 Å². The first kappa shape index (κ1) is 21.3. The van der Waals surface area contributed by atoms with Gasteiger partial charge in [-0.15, -0.1) is 0 Å². The van der Waals surface area contributed by atoms with Crippen LogP contribution in [0.4, 0.5) is 11.8 Å². The molecule has 0 fully saturated rings. The van der Waals surface area contributed by atoms with Crippen molar-refractivity contribution in [1.82, 2.24) is 20.0 Å². The molecule has 1 aromatic carbocycles. The number of benzene rings is 1. The highest BCUT2D eigenvalue weighted by Gasteiger charge is 2.06. The van der Waals surface area contributed by atoms with Crippen LogP contribution >= 0.6 is 0 Å². The molecular formula is C18H25N7O2S. The van der Waals surface area contributed by atoms with Crippen LogP contribution in [0, 0.1) is 12.3 Å². The zero-order valence-electron chi connectivity index (χ0n) is 16.1. The Bertz CT molecular complexity index is 958. The summed E-state index contributed by atoms with van der Waals surface area (Å²) in [6.07, 6.45) is 5.64. The van der Waals surface area contributed by atoms with Crippen molar-refractivity contribution in [1.29, 1.82) is 5.41 Å². The Balaban J connectivity index is 2.07. The predicted octanol–water partition coefficient (Wildman–Crippen LogP) is 1.57. The van der Waals surface area contributed by atoms with Crippen LogP contribution in [-0.4, -0.2) is 37.9 Å². The van der Waals surface area contributed by atoms with Gasteiger partial charge in [-0.05, 0) is 18.1 Å². The average Bonchev–Trinajstić information content (AvgIpc) is 2.66. The molecule has 0 atom stereocenters. The first-order chi connectivity index (χ1) is 13.3. The number of hydrogen-bond donors (Lipinski definition) is 5. The maximum absolute atomic E-state index is 11.2. The number of allylic oxidation sites excluding steroid dienone is 1. The van der Waals surface area contributed by atoms with E-state index in [9.17, 15) is 8.42 Å². The Morgan fingerprint density at radius 1 is 1.25 bits per heavy atom. The maximum atomic E-state index is 11.2. The fourth-order valence-corrected chi connectivity index (χ4v) is 2.76. The molecule has 1 heterocycles. The van der Waals surface area contributed by atoms with Crippen LogP contribution in [0.5, 0.6) is 0 Å². The van der Waals surface area contributed by atoms with Crippen molar-refractivity contribution in [2.75, 3.05) is 23.9 Å². The number of sulfonamides is 1. The SMILES string of the molecule is CN/C=C(\C=N)Nc1ncc(C)c(NCc2cccc(CNS(C)(=O)=O)c2)n1. The molecule has 0 aliphatic heterocycles. The minimum Gasteiger partial charge on any atom is -0.392 e. The lowest BCUT2D eigenvalue weighted by Crippen LogP contribution is -2.21. The highest BCUT2D eigenvalue weighted by molar-refractivity contribution is 7.88. The molecule has 0 saturated heterocycles. The van der Waals surface area contributed by atoms with Gasteiger partial charge in [0.2, 0.25) is 16.0 Å².